The SMILES string of the molecule is CCC(=NNC(=O)c1ccccc1O)c1ccccc1. The summed E-state index contributed by atoms with van der Waals surface area (Å²) in [5.41, 5.74) is 4.44. The van der Waals surface area contributed by atoms with E-state index < -0.39 is 5.91 Å². The molecule has 0 aliphatic rings. The van der Waals surface area contributed by atoms with Gasteiger partial charge in [-0.05, 0) is 24.1 Å². The second-order valence-corrected chi connectivity index (χ2v) is 4.24. The second kappa shape index (κ2) is 6.52. The van der Waals surface area contributed by atoms with Gasteiger partial charge in [0.15, 0.2) is 0 Å². The Balaban J connectivity index is 2.16. The van der Waals surface area contributed by atoms with Crippen LogP contribution in [0.4, 0.5) is 0 Å². The average molecular weight is 268 g/mol. The fourth-order valence-electron chi connectivity index (χ4n) is 1.82. The van der Waals surface area contributed by atoms with E-state index in [0.717, 1.165) is 11.3 Å². The van der Waals surface area contributed by atoms with E-state index in [2.05, 4.69) is 10.5 Å². The monoisotopic (exact) mass is 268 g/mol. The first-order chi connectivity index (χ1) is 9.72. The Morgan fingerprint density at radius 2 is 1.75 bits per heavy atom. The molecule has 4 heteroatoms. The lowest BCUT2D eigenvalue weighted by Gasteiger charge is -2.06. The molecule has 0 spiro atoms. The topological polar surface area (TPSA) is 61.7 Å². The van der Waals surface area contributed by atoms with Gasteiger partial charge in [0.05, 0.1) is 11.3 Å². The normalized spacial score (nSPS) is 11.2. The molecule has 0 unspecified atom stereocenters. The molecule has 0 radical (unpaired) electrons. The molecule has 0 aliphatic heterocycles. The predicted molar refractivity (Wildman–Crippen MR) is 78.8 cm³/mol. The van der Waals surface area contributed by atoms with Crippen LogP contribution in [0.3, 0.4) is 0 Å². The molecule has 2 N–H and O–H groups in total. The van der Waals surface area contributed by atoms with Crippen molar-refractivity contribution in [3.05, 3.63) is 65.7 Å². The maximum atomic E-state index is 11.9. The van der Waals surface area contributed by atoms with Crippen molar-refractivity contribution < 1.29 is 9.90 Å². The zero-order valence-electron chi connectivity index (χ0n) is 11.2. The molecule has 0 saturated carbocycles. The molecule has 0 saturated heterocycles. The van der Waals surface area contributed by atoms with Gasteiger partial charge >= 0.3 is 0 Å². The van der Waals surface area contributed by atoms with E-state index in [1.807, 2.05) is 37.3 Å². The van der Waals surface area contributed by atoms with Gasteiger partial charge in [-0.25, -0.2) is 5.43 Å². The number of benzene rings is 2. The highest BCUT2D eigenvalue weighted by molar-refractivity contribution is 6.02. The molecule has 2 aromatic rings. The van der Waals surface area contributed by atoms with Gasteiger partial charge < -0.3 is 5.11 Å². The number of hydrogen-bond donors (Lipinski definition) is 2. The number of aromatic hydroxyl groups is 1. The summed E-state index contributed by atoms with van der Waals surface area (Å²) in [5, 5.41) is 13.7. The highest BCUT2D eigenvalue weighted by atomic mass is 16.3. The van der Waals surface area contributed by atoms with E-state index in [4.69, 9.17) is 0 Å². The summed E-state index contributed by atoms with van der Waals surface area (Å²) in [6, 6.07) is 16.0. The quantitative estimate of drug-likeness (QED) is 0.661. The number of hydrogen-bond acceptors (Lipinski definition) is 3. The summed E-state index contributed by atoms with van der Waals surface area (Å²) in [6.45, 7) is 1.97. The summed E-state index contributed by atoms with van der Waals surface area (Å²) in [5.74, 6) is -0.483. The molecule has 0 aliphatic carbocycles. The van der Waals surface area contributed by atoms with Crippen molar-refractivity contribution in [2.24, 2.45) is 5.10 Å². The third-order valence-electron chi connectivity index (χ3n) is 2.88. The van der Waals surface area contributed by atoms with Crippen LogP contribution in [0.25, 0.3) is 0 Å². The molecule has 2 rings (SSSR count). The number of nitrogens with one attached hydrogen (secondary N) is 1. The maximum absolute atomic E-state index is 11.9. The molecule has 102 valence electrons. The van der Waals surface area contributed by atoms with Gasteiger partial charge in [0.2, 0.25) is 0 Å². The molecule has 20 heavy (non-hydrogen) atoms. The summed E-state index contributed by atoms with van der Waals surface area (Å²) < 4.78 is 0. The van der Waals surface area contributed by atoms with Crippen LogP contribution in [-0.2, 0) is 0 Å². The van der Waals surface area contributed by atoms with Crippen molar-refractivity contribution in [3.8, 4) is 5.75 Å². The predicted octanol–water partition coefficient (Wildman–Crippen LogP) is 2.94. The first-order valence-corrected chi connectivity index (χ1v) is 6.42. The molecular weight excluding hydrogens is 252 g/mol. The van der Waals surface area contributed by atoms with Gasteiger partial charge in [0.1, 0.15) is 5.75 Å². The Kier molecular flexibility index (Phi) is 4.50. The second-order valence-electron chi connectivity index (χ2n) is 4.24. The van der Waals surface area contributed by atoms with Crippen molar-refractivity contribution in [1.29, 1.82) is 0 Å². The Bertz CT molecular complexity index is 621. The Hall–Kier alpha value is -2.62. The van der Waals surface area contributed by atoms with Crippen molar-refractivity contribution in [2.45, 2.75) is 13.3 Å². The van der Waals surface area contributed by atoms with E-state index in [0.29, 0.717) is 6.42 Å². The molecule has 4 nitrogen and oxygen atoms in total. The summed E-state index contributed by atoms with van der Waals surface area (Å²) >= 11 is 0. The molecule has 0 heterocycles. The minimum Gasteiger partial charge on any atom is -0.507 e. The third-order valence-corrected chi connectivity index (χ3v) is 2.88. The van der Waals surface area contributed by atoms with Gasteiger partial charge in [0.25, 0.3) is 5.91 Å². The lowest BCUT2D eigenvalue weighted by molar-refractivity contribution is 0.0952. The van der Waals surface area contributed by atoms with E-state index >= 15 is 0 Å². The minimum absolute atomic E-state index is 0.0574. The first-order valence-electron chi connectivity index (χ1n) is 6.42. The number of para-hydroxylation sites is 1. The third kappa shape index (κ3) is 3.23. The zero-order chi connectivity index (χ0) is 14.4. The van der Waals surface area contributed by atoms with E-state index in [9.17, 15) is 9.90 Å². The van der Waals surface area contributed by atoms with E-state index in [1.165, 1.54) is 6.07 Å². The van der Waals surface area contributed by atoms with Crippen LogP contribution in [0.5, 0.6) is 5.75 Å². The van der Waals surface area contributed by atoms with Crippen molar-refractivity contribution in [3.63, 3.8) is 0 Å². The van der Waals surface area contributed by atoms with Crippen molar-refractivity contribution >= 4 is 11.6 Å². The molecule has 0 bridgehead atoms. The zero-order valence-corrected chi connectivity index (χ0v) is 11.2. The Morgan fingerprint density at radius 1 is 1.10 bits per heavy atom. The van der Waals surface area contributed by atoms with Crippen LogP contribution in [-0.4, -0.2) is 16.7 Å². The van der Waals surface area contributed by atoms with Crippen LogP contribution in [0.15, 0.2) is 59.7 Å². The van der Waals surface area contributed by atoms with Crippen molar-refractivity contribution in [2.75, 3.05) is 0 Å². The molecule has 1 amide bonds. The smallest absolute Gasteiger partial charge is 0.275 e. The van der Waals surface area contributed by atoms with E-state index in [1.54, 1.807) is 18.2 Å². The molecule has 0 aromatic heterocycles. The van der Waals surface area contributed by atoms with Crippen LogP contribution < -0.4 is 5.43 Å². The summed E-state index contributed by atoms with van der Waals surface area (Å²) in [7, 11) is 0. The minimum atomic E-state index is -0.426. The van der Waals surface area contributed by atoms with Crippen LogP contribution in [0, 0.1) is 0 Å². The lowest BCUT2D eigenvalue weighted by atomic mass is 10.1. The van der Waals surface area contributed by atoms with Crippen molar-refractivity contribution in [1.82, 2.24) is 5.43 Å². The standard InChI is InChI=1S/C16H16N2O2/c1-2-14(12-8-4-3-5-9-12)17-18-16(20)13-10-6-7-11-15(13)19/h3-11,19H,2H2,1H3,(H,18,20). The summed E-state index contributed by atoms with van der Waals surface area (Å²) in [6.07, 6.45) is 0.699. The maximum Gasteiger partial charge on any atom is 0.275 e. The number of rotatable bonds is 4. The van der Waals surface area contributed by atoms with Gasteiger partial charge in [0, 0.05) is 0 Å². The Morgan fingerprint density at radius 3 is 2.40 bits per heavy atom. The number of nitrogens with zero attached hydrogens (tertiary/aromatic N) is 1. The van der Waals surface area contributed by atoms with Gasteiger partial charge in [-0.15, -0.1) is 0 Å². The van der Waals surface area contributed by atoms with Crippen LogP contribution in [0.1, 0.15) is 29.3 Å². The van der Waals surface area contributed by atoms with Gasteiger partial charge in [-0.3, -0.25) is 4.79 Å². The number of hydrazone groups is 1. The average Bonchev–Trinajstić information content (AvgIpc) is 2.49. The van der Waals surface area contributed by atoms with Crippen LogP contribution >= 0.6 is 0 Å². The van der Waals surface area contributed by atoms with Gasteiger partial charge in [-0.2, -0.15) is 5.10 Å². The molecule has 0 fully saturated rings. The summed E-state index contributed by atoms with van der Waals surface area (Å²) in [4.78, 5) is 11.9. The van der Waals surface area contributed by atoms with Gasteiger partial charge in [-0.1, -0.05) is 49.4 Å². The Labute approximate surface area is 117 Å². The number of phenolic OH excluding ortho intramolecular Hbond substituents is 1. The molecule has 2 aromatic carbocycles. The first kappa shape index (κ1) is 13.8. The number of carbonyl (C=O) groups excluding carboxylic acids is 1. The lowest BCUT2D eigenvalue weighted by Crippen LogP contribution is -2.20. The largest absolute Gasteiger partial charge is 0.507 e. The number of amides is 1. The fourth-order valence-corrected chi connectivity index (χ4v) is 1.82. The molecular formula is C16H16N2O2. The van der Waals surface area contributed by atoms with E-state index in [-0.39, 0.29) is 11.3 Å². The highest BCUT2D eigenvalue weighted by Crippen LogP contribution is 2.15. The highest BCUT2D eigenvalue weighted by Gasteiger charge is 2.09. The molecule has 0 atom stereocenters. The van der Waals surface area contributed by atoms with Crippen LogP contribution in [0.2, 0.25) is 0 Å². The number of phenols is 1. The number of carbonyl (C=O) groups is 1. The fraction of sp³-hybridized carbons (Fsp3) is 0.125.